The van der Waals surface area contributed by atoms with Gasteiger partial charge in [-0.15, -0.1) is 0 Å². The molecular formula is C99H162O16P2. The lowest BCUT2D eigenvalue weighted by Gasteiger charge is -2.21. The van der Waals surface area contributed by atoms with E-state index >= 15 is 0 Å². The number of phosphoric acid groups is 2. The molecule has 0 amide bonds. The molecule has 0 aliphatic carbocycles. The number of carbonyl (C=O) groups is 3. The second-order valence-corrected chi connectivity index (χ2v) is 32.5. The van der Waals surface area contributed by atoms with Crippen LogP contribution in [-0.4, -0.2) is 95.9 Å². The topological polar surface area (TPSA) is 231 Å². The van der Waals surface area contributed by atoms with Crippen LogP contribution in [0.15, 0.2) is 207 Å². The molecular weight excluding hydrogens is 1510 g/mol. The number of aliphatic hydroxyl groups excluding tert-OH is 2. The first-order valence-electron chi connectivity index (χ1n) is 45.4. The van der Waals surface area contributed by atoms with Crippen LogP contribution in [0, 0.1) is 0 Å². The highest BCUT2D eigenvalue weighted by Gasteiger charge is 2.29. The van der Waals surface area contributed by atoms with Crippen molar-refractivity contribution < 1.29 is 75.8 Å². The molecule has 0 radical (unpaired) electrons. The first-order chi connectivity index (χ1) is 57.2. The van der Waals surface area contributed by atoms with Crippen LogP contribution in [-0.2, 0) is 55.8 Å². The largest absolute Gasteiger partial charge is 0.472 e. The Morgan fingerprint density at radius 2 is 0.427 bits per heavy atom. The van der Waals surface area contributed by atoms with E-state index < -0.39 is 91.5 Å². The second-order valence-electron chi connectivity index (χ2n) is 29.6. The van der Waals surface area contributed by atoms with Crippen LogP contribution in [0.3, 0.4) is 0 Å². The number of esters is 3. The normalized spacial score (nSPS) is 14.8. The van der Waals surface area contributed by atoms with Gasteiger partial charge in [-0.3, -0.25) is 32.5 Å². The van der Waals surface area contributed by atoms with Gasteiger partial charge in [0.05, 0.1) is 26.4 Å². The average molecular weight is 1670 g/mol. The molecule has 0 spiro atoms. The second kappa shape index (κ2) is 89.4. The fourth-order valence-corrected chi connectivity index (χ4v) is 13.3. The summed E-state index contributed by atoms with van der Waals surface area (Å²) in [7, 11) is -9.83. The quantitative estimate of drug-likeness (QED) is 0.0146. The van der Waals surface area contributed by atoms with Gasteiger partial charge in [-0.25, -0.2) is 9.13 Å². The van der Waals surface area contributed by atoms with Gasteiger partial charge in [0.25, 0.3) is 0 Å². The zero-order valence-electron chi connectivity index (χ0n) is 73.0. The molecule has 0 saturated heterocycles. The maximum Gasteiger partial charge on any atom is 0.472 e. The van der Waals surface area contributed by atoms with Crippen molar-refractivity contribution in [2.75, 3.05) is 39.6 Å². The van der Waals surface area contributed by atoms with E-state index in [-0.39, 0.29) is 19.3 Å². The molecule has 5 atom stereocenters. The van der Waals surface area contributed by atoms with E-state index in [1.54, 1.807) is 0 Å². The molecule has 16 nitrogen and oxygen atoms in total. The monoisotopic (exact) mass is 1670 g/mol. The van der Waals surface area contributed by atoms with E-state index in [4.69, 9.17) is 32.3 Å². The van der Waals surface area contributed by atoms with E-state index in [1.165, 1.54) is 70.6 Å². The first-order valence-corrected chi connectivity index (χ1v) is 48.4. The van der Waals surface area contributed by atoms with Crippen molar-refractivity contribution in [2.24, 2.45) is 0 Å². The molecule has 0 saturated carbocycles. The Balaban J connectivity index is 4.67. The third-order valence-electron chi connectivity index (χ3n) is 18.5. The van der Waals surface area contributed by atoms with E-state index in [1.807, 2.05) is 0 Å². The van der Waals surface area contributed by atoms with Gasteiger partial charge in [-0.05, 0) is 167 Å². The minimum Gasteiger partial charge on any atom is -0.463 e. The van der Waals surface area contributed by atoms with Crippen molar-refractivity contribution in [3.05, 3.63) is 207 Å². The molecule has 0 aliphatic heterocycles. The fraction of sp³-hybridized carbons (Fsp3) is 0.626. The molecule has 18 heteroatoms. The Morgan fingerprint density at radius 3 is 0.675 bits per heavy atom. The lowest BCUT2D eigenvalue weighted by molar-refractivity contribution is -0.161. The van der Waals surface area contributed by atoms with Crippen molar-refractivity contribution in [1.29, 1.82) is 0 Å². The number of aliphatic hydroxyl groups is 2. The van der Waals surface area contributed by atoms with Gasteiger partial charge >= 0.3 is 33.6 Å². The lowest BCUT2D eigenvalue weighted by atomic mass is 10.0. The number of ether oxygens (including phenoxy) is 3. The summed E-state index contributed by atoms with van der Waals surface area (Å²) in [5.41, 5.74) is 0. The molecule has 0 heterocycles. The molecule has 0 aromatic heterocycles. The summed E-state index contributed by atoms with van der Waals surface area (Å²) in [5, 5.41) is 20.7. The van der Waals surface area contributed by atoms with E-state index in [2.05, 4.69) is 227 Å². The zero-order chi connectivity index (χ0) is 85.1. The first kappa shape index (κ1) is 111. The summed E-state index contributed by atoms with van der Waals surface area (Å²) in [6.45, 7) is 2.33. The number of unbranched alkanes of at least 4 members (excludes halogenated alkanes) is 27. The van der Waals surface area contributed by atoms with Gasteiger partial charge in [0, 0.05) is 19.3 Å². The van der Waals surface area contributed by atoms with Crippen LogP contribution in [0.25, 0.3) is 0 Å². The van der Waals surface area contributed by atoms with Gasteiger partial charge in [-0.2, -0.15) is 0 Å². The maximum atomic E-state index is 13.1. The summed E-state index contributed by atoms with van der Waals surface area (Å²) >= 11 is 0. The minimum atomic E-state index is -4.95. The number of hydrogen-bond acceptors (Lipinski definition) is 14. The number of rotatable bonds is 84. The molecule has 0 bridgehead atoms. The van der Waals surface area contributed by atoms with Crippen LogP contribution in [0.4, 0.5) is 0 Å². The molecule has 0 aromatic rings. The third-order valence-corrected chi connectivity index (χ3v) is 20.4. The molecule has 117 heavy (non-hydrogen) atoms. The number of carbonyl (C=O) groups excluding carboxylic acids is 3. The SMILES string of the molecule is CC/C=C\C/C=C\C/C=C\C/C=C\C/C=C\C/C=C\CCCCCCCCCCCCCCC(=O)OCC(O)COP(=O)(O)OCC(O)COP(=O)(O)OCC(COC(=O)CCCCCCCC/C=C\C/C=C\C/C=C\C/C=C\C/C=C\C/C=C\CC)OC(=O)CCCCCCCCCCC/C=C\C/C=C\C/C=C\C/C=C\C/C=C\CC. The fourth-order valence-electron chi connectivity index (χ4n) is 11.7. The van der Waals surface area contributed by atoms with Crippen molar-refractivity contribution in [2.45, 2.75) is 360 Å². The standard InChI is InChI=1S/C99H162O16P2/c1-4-7-10-13-16-19-22-25-28-31-34-37-40-43-44-45-46-47-48-51-53-55-58-61-64-67-70-73-76-79-82-85-97(102)109-88-94(100)89-111-116(105,106)112-90-95(101)91-113-117(107,108)114-93-96(115-99(104)87-84-81-78-75-72-69-66-63-60-57-54-50-42-39-36-33-30-27-24-21-18-15-12-9-6-3)92-110-98(103)86-83-80-77-74-71-68-65-62-59-56-52-49-41-38-35-32-29-26-23-20-17-14-11-8-5-2/h7-12,16-21,25-30,34-39,43-44,46-47,49-50,52,54,59,62,94-96,100-101H,4-6,13-15,22-24,31-33,40-42,45,48,51,53,55-58,60-61,63-93H2,1-3H3,(H,105,106)(H,107,108)/b10-7-,11-8-,12-9-,19-16-,20-17-,21-18-,28-25-,29-26-,30-27-,37-34-,38-35-,39-36-,44-43-,47-46-,52-49-,54-50-,62-59-. The molecule has 5 unspecified atom stereocenters. The summed E-state index contributed by atoms with van der Waals surface area (Å²) in [6.07, 6.45) is 120. The summed E-state index contributed by atoms with van der Waals surface area (Å²) in [5.74, 6) is -1.61. The molecule has 0 rings (SSSR count). The Bertz CT molecular complexity index is 2960. The smallest absolute Gasteiger partial charge is 0.463 e. The highest BCUT2D eigenvalue weighted by atomic mass is 31.2. The van der Waals surface area contributed by atoms with Crippen LogP contribution in [0.2, 0.25) is 0 Å². The van der Waals surface area contributed by atoms with Crippen molar-refractivity contribution in [3.8, 4) is 0 Å². The van der Waals surface area contributed by atoms with Gasteiger partial charge < -0.3 is 34.2 Å². The predicted molar refractivity (Wildman–Crippen MR) is 491 cm³/mol. The lowest BCUT2D eigenvalue weighted by Crippen LogP contribution is -2.30. The van der Waals surface area contributed by atoms with Crippen LogP contribution in [0.5, 0.6) is 0 Å². The van der Waals surface area contributed by atoms with Crippen molar-refractivity contribution in [3.63, 3.8) is 0 Å². The van der Waals surface area contributed by atoms with Gasteiger partial charge in [0.15, 0.2) is 6.10 Å². The van der Waals surface area contributed by atoms with Crippen LogP contribution < -0.4 is 0 Å². The summed E-state index contributed by atoms with van der Waals surface area (Å²) in [4.78, 5) is 59.0. The van der Waals surface area contributed by atoms with Gasteiger partial charge in [0.1, 0.15) is 25.4 Å². The molecule has 664 valence electrons. The third kappa shape index (κ3) is 90.7. The van der Waals surface area contributed by atoms with E-state index in [0.29, 0.717) is 19.3 Å². The van der Waals surface area contributed by atoms with Gasteiger partial charge in [0.2, 0.25) is 0 Å². The molecule has 0 aromatic carbocycles. The minimum absolute atomic E-state index is 0.0855. The highest BCUT2D eigenvalue weighted by molar-refractivity contribution is 7.47. The zero-order valence-corrected chi connectivity index (χ0v) is 74.8. The highest BCUT2D eigenvalue weighted by Crippen LogP contribution is 2.45. The number of phosphoric ester groups is 2. The number of allylic oxidation sites excluding steroid dienone is 34. The predicted octanol–water partition coefficient (Wildman–Crippen LogP) is 28.0. The van der Waals surface area contributed by atoms with Crippen molar-refractivity contribution >= 4 is 33.6 Å². The molecule has 4 N–H and O–H groups in total. The summed E-state index contributed by atoms with van der Waals surface area (Å²) < 4.78 is 61.5. The van der Waals surface area contributed by atoms with E-state index in [9.17, 15) is 43.5 Å². The van der Waals surface area contributed by atoms with Gasteiger partial charge in [-0.1, -0.05) is 362 Å². The Labute approximate surface area is 711 Å². The Morgan fingerprint density at radius 1 is 0.239 bits per heavy atom. The van der Waals surface area contributed by atoms with Crippen LogP contribution >= 0.6 is 15.6 Å². The van der Waals surface area contributed by atoms with Crippen LogP contribution in [0.1, 0.15) is 342 Å². The Hall–Kier alpha value is -5.87. The summed E-state index contributed by atoms with van der Waals surface area (Å²) in [6, 6.07) is 0. The molecule has 0 aliphatic rings. The maximum absolute atomic E-state index is 13.1. The van der Waals surface area contributed by atoms with E-state index in [0.717, 1.165) is 212 Å². The Kier molecular flexibility index (Phi) is 84.9. The van der Waals surface area contributed by atoms with Crippen molar-refractivity contribution in [1.82, 2.24) is 0 Å². The number of hydrogen-bond donors (Lipinski definition) is 4. The average Bonchev–Trinajstić information content (AvgIpc) is 0.784. The molecule has 0 fully saturated rings.